The number of aliphatic hydroxyl groups excluding tert-OH is 1. The molecule has 0 saturated carbocycles. The van der Waals surface area contributed by atoms with Crippen LogP contribution in [0.15, 0.2) is 30.3 Å². The first-order valence-electron chi connectivity index (χ1n) is 6.83. The zero-order chi connectivity index (χ0) is 16.0. The van der Waals surface area contributed by atoms with E-state index in [-0.39, 0.29) is 5.92 Å². The summed E-state index contributed by atoms with van der Waals surface area (Å²) in [4.78, 5) is 22.9. The predicted octanol–water partition coefficient (Wildman–Crippen LogP) is 0.143. The number of carboxylic acid groups (broad SMARTS) is 1. The number of benzene rings is 1. The van der Waals surface area contributed by atoms with E-state index < -0.39 is 30.1 Å². The average molecular weight is 294 g/mol. The molecule has 0 radical (unpaired) electrons. The number of carboxylic acids is 1. The summed E-state index contributed by atoms with van der Waals surface area (Å²) in [6, 6.07) is 7.39. The summed E-state index contributed by atoms with van der Waals surface area (Å²) < 4.78 is 0. The quantitative estimate of drug-likeness (QED) is 0.571. The van der Waals surface area contributed by atoms with E-state index in [2.05, 4.69) is 5.32 Å². The second-order valence-corrected chi connectivity index (χ2v) is 5.37. The molecule has 116 valence electrons. The molecule has 6 heteroatoms. The Bertz CT molecular complexity index is 476. The summed E-state index contributed by atoms with van der Waals surface area (Å²) in [6.07, 6.45) is -1.12. The van der Waals surface area contributed by atoms with Crippen molar-refractivity contribution < 1.29 is 19.8 Å². The summed E-state index contributed by atoms with van der Waals surface area (Å²) >= 11 is 0. The molecular formula is C15H22N2O4. The maximum absolute atomic E-state index is 11.9. The molecular weight excluding hydrogens is 272 g/mol. The van der Waals surface area contributed by atoms with Gasteiger partial charge in [-0.3, -0.25) is 4.79 Å². The summed E-state index contributed by atoms with van der Waals surface area (Å²) in [6.45, 7) is 3.35. The van der Waals surface area contributed by atoms with Crippen molar-refractivity contribution in [3.8, 4) is 0 Å². The minimum Gasteiger partial charge on any atom is -0.480 e. The van der Waals surface area contributed by atoms with E-state index >= 15 is 0 Å². The number of rotatable bonds is 7. The molecule has 1 rings (SSSR count). The Hall–Kier alpha value is -1.92. The van der Waals surface area contributed by atoms with E-state index in [0.717, 1.165) is 5.56 Å². The zero-order valence-electron chi connectivity index (χ0n) is 12.2. The van der Waals surface area contributed by atoms with Crippen LogP contribution in [0.4, 0.5) is 0 Å². The highest BCUT2D eigenvalue weighted by Crippen LogP contribution is 2.07. The van der Waals surface area contributed by atoms with Crippen molar-refractivity contribution in [3.63, 3.8) is 0 Å². The molecule has 5 N–H and O–H groups in total. The van der Waals surface area contributed by atoms with Gasteiger partial charge in [-0.05, 0) is 17.9 Å². The van der Waals surface area contributed by atoms with Crippen LogP contribution < -0.4 is 11.1 Å². The first kappa shape index (κ1) is 17.1. The highest BCUT2D eigenvalue weighted by atomic mass is 16.4. The molecule has 0 aliphatic heterocycles. The van der Waals surface area contributed by atoms with Crippen LogP contribution in [0.25, 0.3) is 0 Å². The molecule has 1 aromatic rings. The number of hydrogen-bond acceptors (Lipinski definition) is 4. The van der Waals surface area contributed by atoms with Crippen molar-refractivity contribution in [2.24, 2.45) is 11.7 Å². The maximum atomic E-state index is 11.9. The van der Waals surface area contributed by atoms with E-state index in [9.17, 15) is 14.7 Å². The minimum atomic E-state index is -1.45. The van der Waals surface area contributed by atoms with E-state index in [4.69, 9.17) is 10.8 Å². The Labute approximate surface area is 124 Å². The SMILES string of the molecule is CC(C)[C@H](NC(=O)C(O)[C@H](N)Cc1ccccc1)C(=O)O. The molecule has 6 nitrogen and oxygen atoms in total. The monoisotopic (exact) mass is 294 g/mol. The summed E-state index contributed by atoms with van der Waals surface area (Å²) in [7, 11) is 0. The molecule has 1 aromatic carbocycles. The van der Waals surface area contributed by atoms with Gasteiger partial charge < -0.3 is 21.3 Å². The molecule has 0 spiro atoms. The van der Waals surface area contributed by atoms with E-state index in [1.165, 1.54) is 0 Å². The highest BCUT2D eigenvalue weighted by molar-refractivity contribution is 5.86. The van der Waals surface area contributed by atoms with Crippen LogP contribution in [-0.2, 0) is 16.0 Å². The fourth-order valence-electron chi connectivity index (χ4n) is 1.94. The van der Waals surface area contributed by atoms with Gasteiger partial charge in [-0.2, -0.15) is 0 Å². The Kier molecular flexibility index (Phi) is 6.33. The summed E-state index contributed by atoms with van der Waals surface area (Å²) in [5.41, 5.74) is 6.72. The normalized spacial score (nSPS) is 15.3. The van der Waals surface area contributed by atoms with Crippen LogP contribution in [0.1, 0.15) is 19.4 Å². The van der Waals surface area contributed by atoms with Gasteiger partial charge in [0.25, 0.3) is 5.91 Å². The van der Waals surface area contributed by atoms with Crippen molar-refractivity contribution in [3.05, 3.63) is 35.9 Å². The lowest BCUT2D eigenvalue weighted by atomic mass is 10.00. The molecule has 1 unspecified atom stereocenters. The van der Waals surface area contributed by atoms with Crippen LogP contribution in [0.2, 0.25) is 0 Å². The van der Waals surface area contributed by atoms with Gasteiger partial charge in [0.15, 0.2) is 0 Å². The van der Waals surface area contributed by atoms with Crippen molar-refractivity contribution in [1.82, 2.24) is 5.32 Å². The Morgan fingerprint density at radius 2 is 1.81 bits per heavy atom. The number of nitrogens with two attached hydrogens (primary N) is 1. The molecule has 0 heterocycles. The van der Waals surface area contributed by atoms with Crippen LogP contribution >= 0.6 is 0 Å². The van der Waals surface area contributed by atoms with Gasteiger partial charge >= 0.3 is 5.97 Å². The van der Waals surface area contributed by atoms with Crippen LogP contribution in [0.3, 0.4) is 0 Å². The second-order valence-electron chi connectivity index (χ2n) is 5.37. The average Bonchev–Trinajstić information content (AvgIpc) is 2.43. The number of aliphatic carboxylic acids is 1. The predicted molar refractivity (Wildman–Crippen MR) is 78.5 cm³/mol. The van der Waals surface area contributed by atoms with E-state index in [1.807, 2.05) is 30.3 Å². The molecule has 0 aliphatic rings. The van der Waals surface area contributed by atoms with Crippen LogP contribution in [0.5, 0.6) is 0 Å². The first-order valence-corrected chi connectivity index (χ1v) is 6.83. The second kappa shape index (κ2) is 7.75. The lowest BCUT2D eigenvalue weighted by molar-refractivity contribution is -0.145. The zero-order valence-corrected chi connectivity index (χ0v) is 12.2. The smallest absolute Gasteiger partial charge is 0.326 e. The Morgan fingerprint density at radius 1 is 1.24 bits per heavy atom. The molecule has 0 saturated heterocycles. The number of amides is 1. The fraction of sp³-hybridized carbons (Fsp3) is 0.467. The highest BCUT2D eigenvalue weighted by Gasteiger charge is 2.29. The van der Waals surface area contributed by atoms with Crippen LogP contribution in [0, 0.1) is 5.92 Å². The topological polar surface area (TPSA) is 113 Å². The molecule has 1 amide bonds. The van der Waals surface area contributed by atoms with Gasteiger partial charge in [-0.1, -0.05) is 44.2 Å². The number of carbonyl (C=O) groups excluding carboxylic acids is 1. The van der Waals surface area contributed by atoms with Crippen molar-refractivity contribution >= 4 is 11.9 Å². The van der Waals surface area contributed by atoms with Crippen molar-refractivity contribution in [2.75, 3.05) is 0 Å². The number of hydrogen-bond donors (Lipinski definition) is 4. The standard InChI is InChI=1S/C15H22N2O4/c1-9(2)12(15(20)21)17-14(19)13(18)11(16)8-10-6-4-3-5-7-10/h3-7,9,11-13,18H,8,16H2,1-2H3,(H,17,19)(H,20,21)/t11-,12+,13?/m1/s1. The molecule has 0 bridgehead atoms. The van der Waals surface area contributed by atoms with Crippen molar-refractivity contribution in [1.29, 1.82) is 0 Å². The maximum Gasteiger partial charge on any atom is 0.326 e. The van der Waals surface area contributed by atoms with Crippen LogP contribution in [-0.4, -0.2) is 40.3 Å². The molecule has 21 heavy (non-hydrogen) atoms. The third-order valence-electron chi connectivity index (χ3n) is 3.22. The van der Waals surface area contributed by atoms with E-state index in [0.29, 0.717) is 6.42 Å². The lowest BCUT2D eigenvalue weighted by Gasteiger charge is -2.23. The molecule has 0 aromatic heterocycles. The summed E-state index contributed by atoms with van der Waals surface area (Å²) in [5, 5.41) is 21.3. The van der Waals surface area contributed by atoms with Gasteiger partial charge in [0.2, 0.25) is 0 Å². The Morgan fingerprint density at radius 3 is 2.29 bits per heavy atom. The Balaban J connectivity index is 2.62. The molecule has 3 atom stereocenters. The fourth-order valence-corrected chi connectivity index (χ4v) is 1.94. The third kappa shape index (κ3) is 5.17. The number of carbonyl (C=O) groups is 2. The molecule has 0 aliphatic carbocycles. The molecule has 0 fully saturated rings. The van der Waals surface area contributed by atoms with Crippen molar-refractivity contribution in [2.45, 2.75) is 38.5 Å². The van der Waals surface area contributed by atoms with Gasteiger partial charge in [-0.15, -0.1) is 0 Å². The number of aliphatic hydroxyl groups is 1. The van der Waals surface area contributed by atoms with Gasteiger partial charge in [0.1, 0.15) is 12.1 Å². The third-order valence-corrected chi connectivity index (χ3v) is 3.22. The van der Waals surface area contributed by atoms with Gasteiger partial charge in [0, 0.05) is 6.04 Å². The summed E-state index contributed by atoms with van der Waals surface area (Å²) in [5.74, 6) is -2.19. The largest absolute Gasteiger partial charge is 0.480 e. The van der Waals surface area contributed by atoms with Gasteiger partial charge in [0.05, 0.1) is 0 Å². The lowest BCUT2D eigenvalue weighted by Crippen LogP contribution is -2.53. The number of nitrogens with one attached hydrogen (secondary N) is 1. The minimum absolute atomic E-state index is 0.288. The first-order chi connectivity index (χ1) is 9.82. The van der Waals surface area contributed by atoms with E-state index in [1.54, 1.807) is 13.8 Å². The van der Waals surface area contributed by atoms with Gasteiger partial charge in [-0.25, -0.2) is 4.79 Å².